The van der Waals surface area contributed by atoms with E-state index in [4.69, 9.17) is 32.8 Å². The number of carbonyl (C=O) groups is 2. The number of aliphatic hydroxyl groups excluding tert-OH is 1. The SMILES string of the molecule is CC(C)(C)[O-].Cc1cccc(-c2nc(OCCn3cccn3)nc3sc(C(N)=O)c(N)c23)n1.Cc1cccc(-c2nc(S(C)=O)nc3sc(C(N)=O)c(N)c23)n1.OCCn1cccn1.[K+]. The smallest absolute Gasteiger partial charge is 0.850 e. The number of fused-ring (bicyclic) bond motifs is 2. The van der Waals surface area contributed by atoms with Crippen LogP contribution in [0.4, 0.5) is 11.4 Å². The van der Waals surface area contributed by atoms with Gasteiger partial charge in [0, 0.05) is 42.4 Å². The third kappa shape index (κ3) is 14.7. The fourth-order valence-corrected chi connectivity index (χ4v) is 7.87. The molecule has 0 aromatic carbocycles. The van der Waals surface area contributed by atoms with E-state index in [0.717, 1.165) is 34.1 Å². The fraction of sp³-hybridized carbons (Fsp3) is 0.268. The fourth-order valence-electron chi connectivity index (χ4n) is 5.48. The van der Waals surface area contributed by atoms with Crippen molar-refractivity contribution in [2.24, 2.45) is 11.5 Å². The molecular formula is C41H47KN14O6S3. The minimum absolute atomic E-state index is 0. The summed E-state index contributed by atoms with van der Waals surface area (Å²) in [5.41, 5.74) is 26.6. The molecule has 2 amide bonds. The summed E-state index contributed by atoms with van der Waals surface area (Å²) in [5, 5.41) is 27.7. The second kappa shape index (κ2) is 23.9. The van der Waals surface area contributed by atoms with Gasteiger partial charge in [-0.05, 0) is 50.2 Å². The Morgan fingerprint density at radius 3 is 1.63 bits per heavy atom. The normalized spacial score (nSPS) is 11.3. The van der Waals surface area contributed by atoms with Gasteiger partial charge in [-0.15, -0.1) is 28.3 Å². The van der Waals surface area contributed by atoms with E-state index >= 15 is 0 Å². The van der Waals surface area contributed by atoms with E-state index in [2.05, 4.69) is 40.1 Å². The van der Waals surface area contributed by atoms with Crippen LogP contribution in [0.2, 0.25) is 0 Å². The van der Waals surface area contributed by atoms with Crippen LogP contribution >= 0.6 is 22.7 Å². The number of aryl methyl sites for hydroxylation is 2. The Kier molecular flexibility index (Phi) is 19.3. The van der Waals surface area contributed by atoms with Gasteiger partial charge in [-0.25, -0.2) is 9.97 Å². The summed E-state index contributed by atoms with van der Waals surface area (Å²) in [4.78, 5) is 51.2. The average Bonchev–Trinajstić information content (AvgIpc) is 4.06. The standard InChI is InChI=1S/C18H17N7O2S.C14H13N5O2S2.C5H8N2O.C4H9O.K/c1-10-4-2-5-11(22-10)14-12-13(19)15(16(20)26)28-17(12)24-18(23-14)27-9-8-25-7-3-6-21-25;1-6-4-3-5-7(17-6)10-8-9(15)11(12(16)20)22-13(8)19-14(18-10)23(2)21;8-5-4-7-3-1-2-6-7;1-4(2,3)5;/h2-7H,8-9,19H2,1H3,(H2,20,26);3-5H,15H2,1-2H3,(H2,16,20);1-3,8H,4-5H2;1-3H3;/q;;;-1;+1. The third-order valence-corrected chi connectivity index (χ3v) is 11.0. The number of amides is 2. The van der Waals surface area contributed by atoms with Crippen molar-refractivity contribution in [2.75, 3.05) is 30.9 Å². The summed E-state index contributed by atoms with van der Waals surface area (Å²) in [5.74, 6) is -1.24. The van der Waals surface area contributed by atoms with Crippen LogP contribution in [0.3, 0.4) is 0 Å². The molecule has 8 aromatic heterocycles. The molecule has 0 fully saturated rings. The first kappa shape index (κ1) is 52.5. The zero-order chi connectivity index (χ0) is 46.7. The van der Waals surface area contributed by atoms with Gasteiger partial charge in [0.1, 0.15) is 37.4 Å². The molecular weight excluding hydrogens is 920 g/mol. The van der Waals surface area contributed by atoms with Crippen molar-refractivity contribution in [3.8, 4) is 28.8 Å². The summed E-state index contributed by atoms with van der Waals surface area (Å²) in [6, 6.07) is 14.9. The predicted molar refractivity (Wildman–Crippen MR) is 246 cm³/mol. The maximum absolute atomic E-state index is 11.8. The summed E-state index contributed by atoms with van der Waals surface area (Å²) in [7, 11) is -1.38. The van der Waals surface area contributed by atoms with E-state index in [1.54, 1.807) is 48.6 Å². The Hall–Kier alpha value is -5.15. The largest absolute Gasteiger partial charge is 1.00 e. The van der Waals surface area contributed by atoms with Gasteiger partial charge in [-0.1, -0.05) is 32.9 Å². The van der Waals surface area contributed by atoms with Gasteiger partial charge in [0.2, 0.25) is 5.16 Å². The summed E-state index contributed by atoms with van der Waals surface area (Å²) < 4.78 is 21.0. The van der Waals surface area contributed by atoms with Crippen molar-refractivity contribution in [1.29, 1.82) is 0 Å². The molecule has 0 bridgehead atoms. The molecule has 1 unspecified atom stereocenters. The number of thiophene rings is 2. The number of nitrogens with zero attached hydrogens (tertiary/aromatic N) is 10. The molecule has 0 aliphatic heterocycles. The van der Waals surface area contributed by atoms with E-state index in [9.17, 15) is 18.9 Å². The number of aliphatic hydroxyl groups is 1. The Bertz CT molecular complexity index is 2880. The van der Waals surface area contributed by atoms with Crippen molar-refractivity contribution in [3.63, 3.8) is 0 Å². The Balaban J connectivity index is 0.000000223. The number of primary amides is 2. The molecule has 0 spiro atoms. The zero-order valence-corrected chi connectivity index (χ0v) is 42.3. The molecule has 8 rings (SSSR count). The Morgan fingerprint density at radius 2 is 1.22 bits per heavy atom. The van der Waals surface area contributed by atoms with Gasteiger partial charge in [-0.3, -0.25) is 33.1 Å². The molecule has 20 nitrogen and oxygen atoms in total. The molecule has 0 saturated heterocycles. The maximum Gasteiger partial charge on any atom is 1.00 e. The van der Waals surface area contributed by atoms with Crippen LogP contribution in [0.5, 0.6) is 6.01 Å². The van der Waals surface area contributed by atoms with Crippen molar-refractivity contribution in [1.82, 2.24) is 49.5 Å². The third-order valence-electron chi connectivity index (χ3n) is 8.10. The number of aromatic nitrogens is 10. The van der Waals surface area contributed by atoms with E-state index in [1.807, 2.05) is 68.7 Å². The van der Waals surface area contributed by atoms with Crippen LogP contribution < -0.4 is 84.2 Å². The van der Waals surface area contributed by atoms with E-state index in [0.29, 0.717) is 62.9 Å². The number of hydrogen-bond acceptors (Lipinski definition) is 18. The number of rotatable bonds is 11. The minimum Gasteiger partial charge on any atom is -0.850 e. The molecule has 0 saturated carbocycles. The van der Waals surface area contributed by atoms with Crippen LogP contribution in [-0.4, -0.2) is 95.7 Å². The van der Waals surface area contributed by atoms with Crippen molar-refractivity contribution in [3.05, 3.63) is 94.5 Å². The van der Waals surface area contributed by atoms with Crippen LogP contribution in [-0.2, 0) is 23.9 Å². The maximum atomic E-state index is 11.8. The second-order valence-electron chi connectivity index (χ2n) is 14.5. The molecule has 8 aromatic rings. The molecule has 65 heavy (non-hydrogen) atoms. The summed E-state index contributed by atoms with van der Waals surface area (Å²) in [6.07, 6.45) is 8.53. The van der Waals surface area contributed by atoms with Crippen LogP contribution in [0, 0.1) is 13.8 Å². The first-order chi connectivity index (χ1) is 30.3. The second-order valence-corrected chi connectivity index (χ2v) is 17.8. The Morgan fingerprint density at radius 1 is 0.754 bits per heavy atom. The monoisotopic (exact) mass is 966 g/mol. The molecule has 8 heterocycles. The number of carbonyl (C=O) groups excluding carboxylic acids is 2. The van der Waals surface area contributed by atoms with Crippen molar-refractivity contribution >= 4 is 77.1 Å². The predicted octanol–water partition coefficient (Wildman–Crippen LogP) is 0.523. The molecule has 1 atom stereocenters. The van der Waals surface area contributed by atoms with E-state index in [-0.39, 0.29) is 90.3 Å². The van der Waals surface area contributed by atoms with Gasteiger partial charge in [0.05, 0.1) is 64.0 Å². The van der Waals surface area contributed by atoms with Gasteiger partial charge in [-0.2, -0.15) is 20.2 Å². The minimum atomic E-state index is -1.38. The number of pyridine rings is 2. The van der Waals surface area contributed by atoms with Crippen molar-refractivity contribution < 1.29 is 80.1 Å². The van der Waals surface area contributed by atoms with Gasteiger partial charge < -0.3 is 37.9 Å². The quantitative estimate of drug-likeness (QED) is 0.0872. The van der Waals surface area contributed by atoms with Crippen LogP contribution in [0.25, 0.3) is 43.2 Å². The number of anilines is 2. The summed E-state index contributed by atoms with van der Waals surface area (Å²) >= 11 is 2.18. The molecule has 0 aliphatic rings. The number of hydrogen-bond donors (Lipinski definition) is 5. The zero-order valence-electron chi connectivity index (χ0n) is 36.8. The van der Waals surface area contributed by atoms with E-state index < -0.39 is 28.2 Å². The van der Waals surface area contributed by atoms with E-state index in [1.165, 1.54) is 6.26 Å². The van der Waals surface area contributed by atoms with Gasteiger partial charge >= 0.3 is 57.4 Å². The van der Waals surface area contributed by atoms with Crippen molar-refractivity contribution in [2.45, 2.75) is 58.5 Å². The number of ether oxygens (including phenoxy) is 1. The molecule has 24 heteroatoms. The first-order valence-corrected chi connectivity index (χ1v) is 22.4. The molecule has 336 valence electrons. The molecule has 0 radical (unpaired) electrons. The van der Waals surface area contributed by atoms with Gasteiger partial charge in [0.25, 0.3) is 11.8 Å². The molecule has 0 aliphatic carbocycles. The molecule has 9 N–H and O–H groups in total. The number of nitrogens with two attached hydrogens (primary N) is 4. The van der Waals surface area contributed by atoms with Gasteiger partial charge in [0.15, 0.2) is 0 Å². The topological polar surface area (TPSA) is 321 Å². The van der Waals surface area contributed by atoms with Crippen LogP contribution in [0.1, 0.15) is 51.5 Å². The number of nitrogen functional groups attached to an aromatic ring is 2. The Labute approximate surface area is 426 Å². The summed E-state index contributed by atoms with van der Waals surface area (Å²) in [6.45, 7) is 10.3. The average molecular weight is 967 g/mol. The first-order valence-electron chi connectivity index (χ1n) is 19.2. The van der Waals surface area contributed by atoms with Crippen LogP contribution in [0.15, 0.2) is 78.5 Å².